The summed E-state index contributed by atoms with van der Waals surface area (Å²) in [6.07, 6.45) is 30.7. The van der Waals surface area contributed by atoms with E-state index in [4.69, 9.17) is 14.2 Å². The maximum atomic E-state index is 13.0. The van der Waals surface area contributed by atoms with Crippen LogP contribution in [0.3, 0.4) is 0 Å². The first-order chi connectivity index (χ1) is 30.9. The molecule has 0 saturated carbocycles. The maximum Gasteiger partial charge on any atom is 0.307 e. The Morgan fingerprint density at radius 3 is 0.844 bits per heavy atom. The second kappa shape index (κ2) is 44.4. The number of carbonyl (C=O) groups excluding carboxylic acids is 3. The van der Waals surface area contributed by atoms with Crippen LogP contribution in [0.4, 0.5) is 0 Å². The third-order valence-electron chi connectivity index (χ3n) is 11.8. The number of guanidine groups is 1. The van der Waals surface area contributed by atoms with E-state index in [9.17, 15) is 29.7 Å². The molecule has 0 aromatic heterocycles. The van der Waals surface area contributed by atoms with E-state index in [0.29, 0.717) is 19.3 Å². The molecule has 12 heteroatoms. The van der Waals surface area contributed by atoms with Crippen LogP contribution >= 0.6 is 0 Å². The van der Waals surface area contributed by atoms with Gasteiger partial charge in [0.05, 0.1) is 0 Å². The fourth-order valence-corrected chi connectivity index (χ4v) is 7.64. The van der Waals surface area contributed by atoms with E-state index in [-0.39, 0.29) is 25.2 Å². The van der Waals surface area contributed by atoms with Gasteiger partial charge in [-0.2, -0.15) is 0 Å². The molecule has 0 aliphatic heterocycles. The smallest absolute Gasteiger partial charge is 0.307 e. The zero-order chi connectivity index (χ0) is 47.5. The van der Waals surface area contributed by atoms with Gasteiger partial charge >= 0.3 is 17.9 Å². The number of hydrogen-bond donors (Lipinski definition) is 5. The fraction of sp³-hybridized carbons (Fsp3) is 0.923. The van der Waals surface area contributed by atoms with Gasteiger partial charge in [-0.3, -0.25) is 14.4 Å². The van der Waals surface area contributed by atoms with Crippen molar-refractivity contribution in [2.75, 3.05) is 0 Å². The van der Waals surface area contributed by atoms with Crippen LogP contribution in [-0.2, 0) is 28.6 Å². The van der Waals surface area contributed by atoms with Crippen LogP contribution in [-0.4, -0.2) is 76.2 Å². The monoisotopic (exact) mass is 912 g/mol. The van der Waals surface area contributed by atoms with Crippen molar-refractivity contribution in [1.82, 2.24) is 10.6 Å². The molecule has 0 spiro atoms. The molecule has 0 aromatic carbocycles. The first-order valence-electron chi connectivity index (χ1n) is 26.7. The Bertz CT molecular complexity index is 1060. The van der Waals surface area contributed by atoms with Crippen molar-refractivity contribution in [2.45, 2.75) is 310 Å². The number of aliphatic hydroxyl groups is 3. The summed E-state index contributed by atoms with van der Waals surface area (Å²) in [5, 5.41) is 37.9. The molecule has 0 saturated heterocycles. The lowest BCUT2D eigenvalue weighted by molar-refractivity contribution is -0.156. The van der Waals surface area contributed by atoms with Crippen molar-refractivity contribution in [3.8, 4) is 0 Å². The zero-order valence-electron chi connectivity index (χ0n) is 42.2. The van der Waals surface area contributed by atoms with Gasteiger partial charge in [-0.1, -0.05) is 213 Å². The highest BCUT2D eigenvalue weighted by atomic mass is 16.6. The van der Waals surface area contributed by atoms with Crippen LogP contribution in [0.25, 0.3) is 0 Å². The third-order valence-corrected chi connectivity index (χ3v) is 11.8. The van der Waals surface area contributed by atoms with Gasteiger partial charge in [-0.25, -0.2) is 4.99 Å². The predicted octanol–water partition coefficient (Wildman–Crippen LogP) is 12.4. The van der Waals surface area contributed by atoms with E-state index >= 15 is 0 Å². The molecule has 0 rings (SSSR count). The van der Waals surface area contributed by atoms with E-state index in [1.165, 1.54) is 156 Å². The summed E-state index contributed by atoms with van der Waals surface area (Å²) in [5.74, 6) is -1.75. The summed E-state index contributed by atoms with van der Waals surface area (Å²) in [6.45, 7) is 11.0. The van der Waals surface area contributed by atoms with Gasteiger partial charge in [0.25, 0.3) is 0 Å². The molecular formula is C52H101N3O9. The SMILES string of the molecule is CCCCCCCCCCCCCC(=O)OC(N=C(NC(OC(=O)CCCCCCCCCCCCC)C(C)O)NC(OC(=O)CCCCCCCCCCCCC)C(C)O)C(C)O. The summed E-state index contributed by atoms with van der Waals surface area (Å²) in [5.41, 5.74) is 0. The highest BCUT2D eigenvalue weighted by molar-refractivity contribution is 5.81. The Morgan fingerprint density at radius 2 is 0.609 bits per heavy atom. The van der Waals surface area contributed by atoms with Crippen LogP contribution in [0.5, 0.6) is 0 Å². The van der Waals surface area contributed by atoms with Gasteiger partial charge in [0, 0.05) is 19.3 Å². The van der Waals surface area contributed by atoms with E-state index < -0.39 is 54.9 Å². The van der Waals surface area contributed by atoms with Crippen molar-refractivity contribution in [1.29, 1.82) is 0 Å². The highest BCUT2D eigenvalue weighted by Crippen LogP contribution is 2.16. The number of nitrogens with zero attached hydrogens (tertiary/aromatic N) is 1. The summed E-state index contributed by atoms with van der Waals surface area (Å²) in [4.78, 5) is 43.4. The molecule has 0 bridgehead atoms. The van der Waals surface area contributed by atoms with Gasteiger partial charge in [0.15, 0.2) is 0 Å². The van der Waals surface area contributed by atoms with E-state index in [0.717, 1.165) is 57.8 Å². The van der Waals surface area contributed by atoms with Gasteiger partial charge in [-0.15, -0.1) is 0 Å². The number of aliphatic hydroxyl groups excluding tert-OH is 3. The van der Waals surface area contributed by atoms with Crippen molar-refractivity contribution >= 4 is 23.9 Å². The third kappa shape index (κ3) is 38.8. The topological polar surface area (TPSA) is 176 Å². The maximum absolute atomic E-state index is 13.0. The highest BCUT2D eigenvalue weighted by Gasteiger charge is 2.28. The number of nitrogens with one attached hydrogen (secondary N) is 2. The predicted molar refractivity (Wildman–Crippen MR) is 262 cm³/mol. The first kappa shape index (κ1) is 61.6. The Balaban J connectivity index is 5.50. The molecule has 378 valence electrons. The quantitative estimate of drug-likeness (QED) is 0.00981. The van der Waals surface area contributed by atoms with Crippen LogP contribution < -0.4 is 10.6 Å². The summed E-state index contributed by atoms with van der Waals surface area (Å²) < 4.78 is 17.0. The summed E-state index contributed by atoms with van der Waals surface area (Å²) in [7, 11) is 0. The molecule has 0 radical (unpaired) electrons. The average Bonchev–Trinajstić information content (AvgIpc) is 3.25. The molecule has 6 unspecified atom stereocenters. The lowest BCUT2D eigenvalue weighted by Gasteiger charge is -2.29. The van der Waals surface area contributed by atoms with Crippen LogP contribution in [0, 0.1) is 0 Å². The Kier molecular flexibility index (Phi) is 42.7. The molecule has 0 fully saturated rings. The Hall–Kier alpha value is -2.44. The second-order valence-electron chi connectivity index (χ2n) is 18.5. The summed E-state index contributed by atoms with van der Waals surface area (Å²) in [6, 6.07) is 0. The lowest BCUT2D eigenvalue weighted by Crippen LogP contribution is -2.56. The van der Waals surface area contributed by atoms with Gasteiger partial charge in [-0.05, 0) is 40.0 Å². The molecule has 64 heavy (non-hydrogen) atoms. The van der Waals surface area contributed by atoms with E-state index in [1.807, 2.05) is 0 Å². The molecule has 0 amide bonds. The Labute approximate surface area is 392 Å². The van der Waals surface area contributed by atoms with Gasteiger partial charge in [0.2, 0.25) is 24.6 Å². The van der Waals surface area contributed by atoms with Crippen molar-refractivity contribution in [2.24, 2.45) is 4.99 Å². The minimum Gasteiger partial charge on any atom is -0.439 e. The average molecular weight is 912 g/mol. The number of rotatable bonds is 45. The molecule has 0 aromatic rings. The number of carbonyl (C=O) groups is 3. The van der Waals surface area contributed by atoms with Crippen LogP contribution in [0.15, 0.2) is 4.99 Å². The van der Waals surface area contributed by atoms with E-state index in [1.54, 1.807) is 0 Å². The second-order valence-corrected chi connectivity index (χ2v) is 18.5. The molecule has 12 nitrogen and oxygen atoms in total. The standard InChI is InChI=1S/C52H101N3O9/c1-7-10-13-16-19-22-25-28-31-34-37-40-46(59)62-49(43(4)56)53-52(54-50(44(5)57)63-47(60)41-38-35-32-29-26-23-20-17-14-11-8-2)55-51(45(6)58)64-48(61)42-39-36-33-30-27-24-21-18-15-12-9-3/h43-45,49-51,56-58H,7-42H2,1-6H3,(H2,53,54,55). The minimum absolute atomic E-state index is 0.159. The van der Waals surface area contributed by atoms with Crippen molar-refractivity contribution in [3.05, 3.63) is 0 Å². The number of esters is 3. The lowest BCUT2D eigenvalue weighted by atomic mass is 10.1. The number of hydrogen-bond acceptors (Lipinski definition) is 10. The van der Waals surface area contributed by atoms with Crippen LogP contribution in [0.2, 0.25) is 0 Å². The first-order valence-corrected chi connectivity index (χ1v) is 26.7. The molecule has 6 atom stereocenters. The van der Waals surface area contributed by atoms with Crippen LogP contribution in [0.1, 0.15) is 273 Å². The number of aliphatic imine (C=N–C) groups is 1. The van der Waals surface area contributed by atoms with Crippen molar-refractivity contribution < 1.29 is 43.9 Å². The molecule has 0 heterocycles. The Morgan fingerprint density at radius 1 is 0.375 bits per heavy atom. The van der Waals surface area contributed by atoms with Gasteiger partial charge < -0.3 is 40.2 Å². The molecule has 0 aliphatic rings. The fourth-order valence-electron chi connectivity index (χ4n) is 7.64. The minimum atomic E-state index is -1.39. The molecule has 5 N–H and O–H groups in total. The normalized spacial score (nSPS) is 14.2. The zero-order valence-corrected chi connectivity index (χ0v) is 42.2. The summed E-state index contributed by atoms with van der Waals surface area (Å²) >= 11 is 0. The molecular weight excluding hydrogens is 811 g/mol. The molecule has 0 aliphatic carbocycles. The van der Waals surface area contributed by atoms with Crippen molar-refractivity contribution in [3.63, 3.8) is 0 Å². The van der Waals surface area contributed by atoms with E-state index in [2.05, 4.69) is 36.4 Å². The largest absolute Gasteiger partial charge is 0.439 e. The number of ether oxygens (including phenoxy) is 3. The number of unbranched alkanes of at least 4 members (excludes halogenated alkanes) is 30. The van der Waals surface area contributed by atoms with Gasteiger partial charge in [0.1, 0.15) is 18.3 Å².